The van der Waals surface area contributed by atoms with E-state index < -0.39 is 45.4 Å². The number of ether oxygens (including phenoxy) is 1. The molecule has 0 spiro atoms. The molecule has 3 aliphatic heterocycles. The van der Waals surface area contributed by atoms with Crippen LogP contribution in [0.5, 0.6) is 5.75 Å². The van der Waals surface area contributed by atoms with Gasteiger partial charge in [-0.05, 0) is 73.1 Å². The van der Waals surface area contributed by atoms with Crippen LogP contribution in [0, 0.1) is 18.3 Å². The lowest BCUT2D eigenvalue weighted by Crippen LogP contribution is -2.60. The number of rotatable bonds is 18. The van der Waals surface area contributed by atoms with Gasteiger partial charge in [-0.3, -0.25) is 34.0 Å². The highest BCUT2D eigenvalue weighted by Gasteiger charge is 2.45. The summed E-state index contributed by atoms with van der Waals surface area (Å²) in [5.41, 5.74) is 9.41. The van der Waals surface area contributed by atoms with Crippen molar-refractivity contribution in [2.45, 2.75) is 65.1 Å². The molecule has 23 heteroatoms. The van der Waals surface area contributed by atoms with Crippen molar-refractivity contribution in [2.24, 2.45) is 11.3 Å². The number of piperidine rings is 1. The van der Waals surface area contributed by atoms with E-state index in [1.807, 2.05) is 75.7 Å². The first-order chi connectivity index (χ1) is 36.1. The molecule has 20 nitrogen and oxygen atoms in total. The van der Waals surface area contributed by atoms with Crippen LogP contribution in [0.1, 0.15) is 45.7 Å². The minimum Gasteiger partial charge on any atom is -0.494 e. The molecule has 0 unspecified atom stereocenters. The average molecular weight is 1100 g/mol. The summed E-state index contributed by atoms with van der Waals surface area (Å²) in [7, 11) is 1.31. The Morgan fingerprint density at radius 3 is 2.29 bits per heavy atom. The predicted molar refractivity (Wildman–Crippen MR) is 300 cm³/mol. The second kappa shape index (κ2) is 23.9. The minimum absolute atomic E-state index is 0.00889. The van der Waals surface area contributed by atoms with Gasteiger partial charge in [0.2, 0.25) is 27.8 Å². The van der Waals surface area contributed by atoms with Gasteiger partial charge in [0.1, 0.15) is 22.9 Å². The van der Waals surface area contributed by atoms with Crippen LogP contribution in [0.15, 0.2) is 78.4 Å². The zero-order chi connectivity index (χ0) is 54.5. The highest BCUT2D eigenvalue weighted by molar-refractivity contribution is 7.92. The topological polar surface area (TPSA) is 221 Å². The third-order valence-corrected chi connectivity index (χ3v) is 16.8. The molecule has 3 aliphatic rings. The number of likely N-dealkylation sites (tertiary alicyclic amines) is 1. The molecule has 0 bridgehead atoms. The fraction of sp³-hybridized carbons (Fsp3) is 0.472. The lowest BCUT2D eigenvalue weighted by molar-refractivity contribution is -0.144. The summed E-state index contributed by atoms with van der Waals surface area (Å²) < 4.78 is 31.6. The zero-order valence-corrected chi connectivity index (χ0v) is 46.8. The normalized spacial score (nSPS) is 18.2. The number of carbonyl (C=O) groups is 3. The van der Waals surface area contributed by atoms with Crippen LogP contribution in [0.4, 0.5) is 40.2 Å². The molecule has 8 rings (SSSR count). The first-order valence-electron chi connectivity index (χ1n) is 25.4. The van der Waals surface area contributed by atoms with Gasteiger partial charge >= 0.3 is 0 Å². The van der Waals surface area contributed by atoms with Crippen LogP contribution in [0.25, 0.3) is 10.4 Å². The molecule has 2 aromatic heterocycles. The number of benzene rings is 3. The van der Waals surface area contributed by atoms with E-state index in [4.69, 9.17) is 16.3 Å². The summed E-state index contributed by atoms with van der Waals surface area (Å²) in [5, 5.41) is 22.0. The molecule has 76 heavy (non-hydrogen) atoms. The average Bonchev–Trinajstić information content (AvgIpc) is 4.01. The highest BCUT2D eigenvalue weighted by Crippen LogP contribution is 2.36. The van der Waals surface area contributed by atoms with Gasteiger partial charge in [-0.15, -0.1) is 11.3 Å². The van der Waals surface area contributed by atoms with Gasteiger partial charge < -0.3 is 40.5 Å². The molecule has 0 radical (unpaired) electrons. The molecule has 3 atom stereocenters. The van der Waals surface area contributed by atoms with Crippen molar-refractivity contribution >= 4 is 90.9 Å². The maximum absolute atomic E-state index is 14.3. The SMILES string of the molecule is COc1cc(N2CCC(CN3CCN(CC(=O)N[C@H](C(=O)N4C[C@H](O)C[C@H]4C(=O)NN(C)c4ccc(-c5scnc5C)cc4)C(C)(C)C)CC3)CC2)ccc1Nc1ncc(Cl)c(Nc2ccccc2N(C)S(C)(=O)=O)n1. The molecule has 3 fully saturated rings. The number of piperazine rings is 1. The molecule has 408 valence electrons. The Morgan fingerprint density at radius 2 is 1.63 bits per heavy atom. The number of amides is 3. The van der Waals surface area contributed by atoms with E-state index in [1.54, 1.807) is 54.8 Å². The fourth-order valence-corrected chi connectivity index (χ4v) is 11.4. The summed E-state index contributed by atoms with van der Waals surface area (Å²) in [6, 6.07) is 18.9. The van der Waals surface area contributed by atoms with Crippen molar-refractivity contribution in [1.29, 1.82) is 0 Å². The van der Waals surface area contributed by atoms with Gasteiger partial charge in [0.05, 0.1) is 71.0 Å². The van der Waals surface area contributed by atoms with E-state index in [-0.39, 0.29) is 36.4 Å². The Morgan fingerprint density at radius 1 is 0.934 bits per heavy atom. The van der Waals surface area contributed by atoms with E-state index >= 15 is 0 Å². The number of aryl methyl sites for hydroxylation is 1. The second-order valence-corrected chi connectivity index (χ2v) is 24.2. The Bertz CT molecular complexity index is 2960. The van der Waals surface area contributed by atoms with Gasteiger partial charge in [-0.2, -0.15) is 4.98 Å². The first kappa shape index (κ1) is 55.9. The van der Waals surface area contributed by atoms with E-state index in [0.717, 1.165) is 92.4 Å². The number of aliphatic hydroxyl groups excluding tert-OH is 1. The molecule has 0 aliphatic carbocycles. The quantitative estimate of drug-likeness (QED) is 0.0641. The number of hydrogen-bond acceptors (Lipinski definition) is 17. The summed E-state index contributed by atoms with van der Waals surface area (Å²) in [6.07, 6.45) is 3.87. The number of halogens is 1. The molecule has 0 saturated carbocycles. The molecule has 3 aromatic carbocycles. The second-order valence-electron chi connectivity index (χ2n) is 20.9. The molecular weight excluding hydrogens is 1030 g/mol. The van der Waals surface area contributed by atoms with Gasteiger partial charge in [0.25, 0.3) is 5.91 Å². The zero-order valence-electron chi connectivity index (χ0n) is 44.4. The number of nitrogens with one attached hydrogen (secondary N) is 4. The highest BCUT2D eigenvalue weighted by atomic mass is 35.5. The molecule has 5 aromatic rings. The summed E-state index contributed by atoms with van der Waals surface area (Å²) in [5.74, 6) is 0.626. The number of aliphatic hydroxyl groups is 1. The molecule has 3 saturated heterocycles. The summed E-state index contributed by atoms with van der Waals surface area (Å²) in [6.45, 7) is 13.6. The minimum atomic E-state index is -3.52. The number of hydrogen-bond donors (Lipinski definition) is 5. The van der Waals surface area contributed by atoms with Gasteiger partial charge in [-0.25, -0.2) is 18.4 Å². The van der Waals surface area contributed by atoms with Crippen molar-refractivity contribution in [3.05, 3.63) is 89.2 Å². The number of para-hydroxylation sites is 2. The lowest BCUT2D eigenvalue weighted by atomic mass is 9.85. The Balaban J connectivity index is 0.787. The molecule has 3 amide bonds. The van der Waals surface area contributed by atoms with Crippen molar-refractivity contribution in [2.75, 3.05) is 111 Å². The van der Waals surface area contributed by atoms with E-state index in [1.165, 1.54) is 22.4 Å². The Kier molecular flexibility index (Phi) is 17.6. The van der Waals surface area contributed by atoms with Crippen molar-refractivity contribution in [1.82, 2.24) is 40.4 Å². The molecule has 5 heterocycles. The number of sulfonamides is 1. The third-order valence-electron chi connectivity index (χ3n) is 14.3. The smallest absolute Gasteiger partial charge is 0.261 e. The largest absolute Gasteiger partial charge is 0.494 e. The number of aromatic nitrogens is 3. The standard InChI is InChI=1S/C53H70ClN13O7S2/c1-34-47(75-33-56-34)36-13-15-37(16-14-36)62(5)61-50(70)44-28-39(68)31-67(44)51(71)48(53(2,3)4)59-46(69)32-65-25-23-64(24-26-65)30-35-19-21-66(22-20-35)38-17-18-42(45(27-38)74-7)58-52-55-29-40(54)49(60-52)57-41-11-9-10-12-43(41)63(6)76(8,72)73/h9-18,27,29,33,35,39,44,48,68H,19-26,28,30-32H2,1-8H3,(H,59,69)(H,61,70)(H2,55,57,58,60)/t39-,44+,48-/m1/s1. The van der Waals surface area contributed by atoms with Crippen LogP contribution in [0.2, 0.25) is 5.02 Å². The monoisotopic (exact) mass is 1100 g/mol. The lowest BCUT2D eigenvalue weighted by Gasteiger charge is -2.39. The van der Waals surface area contributed by atoms with Crippen molar-refractivity contribution in [3.8, 4) is 16.2 Å². The maximum atomic E-state index is 14.3. The summed E-state index contributed by atoms with van der Waals surface area (Å²) in [4.78, 5) is 64.5. The van der Waals surface area contributed by atoms with Gasteiger partial charge in [0, 0.05) is 84.6 Å². The predicted octanol–water partition coefficient (Wildman–Crippen LogP) is 5.95. The van der Waals surface area contributed by atoms with E-state index in [9.17, 15) is 27.9 Å². The van der Waals surface area contributed by atoms with Gasteiger partial charge in [-0.1, -0.05) is 56.6 Å². The Hall–Kier alpha value is -6.30. The van der Waals surface area contributed by atoms with Gasteiger partial charge in [0.15, 0.2) is 5.82 Å². The van der Waals surface area contributed by atoms with Crippen molar-refractivity contribution in [3.63, 3.8) is 0 Å². The molecule has 5 N–H and O–H groups in total. The summed E-state index contributed by atoms with van der Waals surface area (Å²) >= 11 is 8.06. The molecular formula is C53H70ClN13O7S2. The van der Waals surface area contributed by atoms with E-state index in [0.29, 0.717) is 34.5 Å². The van der Waals surface area contributed by atoms with Crippen LogP contribution in [-0.2, 0) is 24.4 Å². The third kappa shape index (κ3) is 13.6. The number of methoxy groups -OCH3 is 1. The number of thiazole rings is 1. The fourth-order valence-electron chi connectivity index (χ4n) is 9.89. The number of β-amino-alcohol motifs (C(OH)–C–C–N with tert-alkyl or cyclic N) is 1. The van der Waals surface area contributed by atoms with Crippen LogP contribution in [0.3, 0.4) is 0 Å². The maximum Gasteiger partial charge on any atom is 0.261 e. The number of carbonyl (C=O) groups excluding carboxylic acids is 3. The van der Waals surface area contributed by atoms with E-state index in [2.05, 4.69) is 51.0 Å². The first-order valence-corrected chi connectivity index (χ1v) is 28.6. The van der Waals surface area contributed by atoms with Crippen molar-refractivity contribution < 1.29 is 32.6 Å². The van der Waals surface area contributed by atoms with Crippen LogP contribution < -0.4 is 40.3 Å². The van der Waals surface area contributed by atoms with Crippen LogP contribution in [-0.4, -0.2) is 165 Å². The van der Waals surface area contributed by atoms with Crippen LogP contribution >= 0.6 is 22.9 Å². The number of hydrazine groups is 1. The number of nitrogens with zero attached hydrogens (tertiary/aromatic N) is 9. The number of anilines is 7. The Labute approximate surface area is 454 Å².